The Morgan fingerprint density at radius 3 is 2.55 bits per heavy atom. The summed E-state index contributed by atoms with van der Waals surface area (Å²) in [5, 5.41) is 0. The van der Waals surface area contributed by atoms with Crippen LogP contribution in [0.3, 0.4) is 0 Å². The Morgan fingerprint density at radius 2 is 2.00 bits per heavy atom. The third-order valence-electron chi connectivity index (χ3n) is 3.15. The first-order valence-electron chi connectivity index (χ1n) is 6.20. The van der Waals surface area contributed by atoms with Gasteiger partial charge in [0.25, 0.3) is 5.91 Å². The van der Waals surface area contributed by atoms with Gasteiger partial charge in [-0.05, 0) is 24.3 Å². The van der Waals surface area contributed by atoms with Crippen LogP contribution in [0, 0.1) is 0 Å². The second-order valence-electron chi connectivity index (χ2n) is 4.55. The number of hydrogen-bond acceptors (Lipinski definition) is 3. The number of carbonyl (C=O) groups is 1. The predicted octanol–water partition coefficient (Wildman–Crippen LogP) is 1.51. The summed E-state index contributed by atoms with van der Waals surface area (Å²) in [5.74, 6) is -0.305. The lowest BCUT2D eigenvalue weighted by atomic mass is 10.1. The maximum Gasteiger partial charge on any atom is 0.416 e. The first kappa shape index (κ1) is 14.8. The number of rotatable bonds is 2. The summed E-state index contributed by atoms with van der Waals surface area (Å²) in [5.41, 5.74) is 4.95. The van der Waals surface area contributed by atoms with Gasteiger partial charge in [-0.3, -0.25) is 4.79 Å². The number of nitrogens with two attached hydrogens (primary N) is 1. The molecule has 0 spiro atoms. The fourth-order valence-corrected chi connectivity index (χ4v) is 2.03. The monoisotopic (exact) mass is 288 g/mol. The van der Waals surface area contributed by atoms with E-state index in [1.54, 1.807) is 4.90 Å². The van der Waals surface area contributed by atoms with Crippen LogP contribution in [0.2, 0.25) is 0 Å². The molecule has 0 bridgehead atoms. The molecule has 7 heteroatoms. The van der Waals surface area contributed by atoms with Gasteiger partial charge in [-0.2, -0.15) is 13.2 Å². The SMILES string of the molecule is NC[C@H]1CN(C(=O)c2ccc(C(F)(F)F)cc2)CCO1. The number of amides is 1. The van der Waals surface area contributed by atoms with Crippen LogP contribution in [-0.2, 0) is 10.9 Å². The van der Waals surface area contributed by atoms with Crippen LogP contribution in [0.15, 0.2) is 24.3 Å². The van der Waals surface area contributed by atoms with E-state index in [4.69, 9.17) is 10.5 Å². The van der Waals surface area contributed by atoms with E-state index in [1.165, 1.54) is 12.1 Å². The lowest BCUT2D eigenvalue weighted by molar-refractivity contribution is -0.137. The van der Waals surface area contributed by atoms with Crippen molar-refractivity contribution in [3.05, 3.63) is 35.4 Å². The van der Waals surface area contributed by atoms with Crippen LogP contribution in [0.25, 0.3) is 0 Å². The Morgan fingerprint density at radius 1 is 1.35 bits per heavy atom. The molecule has 0 radical (unpaired) electrons. The molecule has 1 aromatic rings. The number of alkyl halides is 3. The molecule has 0 saturated carbocycles. The minimum Gasteiger partial charge on any atom is -0.373 e. The molecule has 2 rings (SSSR count). The van der Waals surface area contributed by atoms with Crippen LogP contribution >= 0.6 is 0 Å². The van der Waals surface area contributed by atoms with Gasteiger partial charge in [-0.15, -0.1) is 0 Å². The molecule has 1 saturated heterocycles. The zero-order chi connectivity index (χ0) is 14.8. The molecule has 1 fully saturated rings. The van der Waals surface area contributed by atoms with E-state index in [1.807, 2.05) is 0 Å². The van der Waals surface area contributed by atoms with Gasteiger partial charge in [-0.1, -0.05) is 0 Å². The fourth-order valence-electron chi connectivity index (χ4n) is 2.03. The highest BCUT2D eigenvalue weighted by Crippen LogP contribution is 2.29. The summed E-state index contributed by atoms with van der Waals surface area (Å²) in [6, 6.07) is 4.21. The summed E-state index contributed by atoms with van der Waals surface area (Å²) in [6.07, 6.45) is -4.62. The van der Waals surface area contributed by atoms with E-state index in [2.05, 4.69) is 0 Å². The van der Waals surface area contributed by atoms with Crippen LogP contribution in [0.1, 0.15) is 15.9 Å². The minimum absolute atomic E-state index is 0.220. The van der Waals surface area contributed by atoms with Crippen molar-refractivity contribution in [2.45, 2.75) is 12.3 Å². The van der Waals surface area contributed by atoms with E-state index in [9.17, 15) is 18.0 Å². The largest absolute Gasteiger partial charge is 0.416 e. The maximum absolute atomic E-state index is 12.4. The molecule has 4 nitrogen and oxygen atoms in total. The molecule has 1 atom stereocenters. The van der Waals surface area contributed by atoms with Crippen molar-refractivity contribution in [1.29, 1.82) is 0 Å². The first-order chi connectivity index (χ1) is 9.41. The Labute approximate surface area is 114 Å². The third kappa shape index (κ3) is 3.29. The van der Waals surface area contributed by atoms with E-state index >= 15 is 0 Å². The molecule has 0 unspecified atom stereocenters. The zero-order valence-corrected chi connectivity index (χ0v) is 10.7. The van der Waals surface area contributed by atoms with Crippen molar-refractivity contribution >= 4 is 5.91 Å². The van der Waals surface area contributed by atoms with E-state index < -0.39 is 11.7 Å². The van der Waals surface area contributed by atoms with Crippen molar-refractivity contribution in [2.75, 3.05) is 26.2 Å². The number of nitrogens with zero attached hydrogens (tertiary/aromatic N) is 1. The number of hydrogen-bond donors (Lipinski definition) is 1. The Bertz CT molecular complexity index is 473. The average Bonchev–Trinajstić information content (AvgIpc) is 2.46. The average molecular weight is 288 g/mol. The highest BCUT2D eigenvalue weighted by atomic mass is 19.4. The Hall–Kier alpha value is -1.60. The fraction of sp³-hybridized carbons (Fsp3) is 0.462. The summed E-state index contributed by atoms with van der Waals surface area (Å²) >= 11 is 0. The van der Waals surface area contributed by atoms with Crippen molar-refractivity contribution < 1.29 is 22.7 Å². The van der Waals surface area contributed by atoms with Gasteiger partial charge in [0.1, 0.15) is 0 Å². The Balaban J connectivity index is 2.09. The van der Waals surface area contributed by atoms with Crippen LogP contribution < -0.4 is 5.73 Å². The van der Waals surface area contributed by atoms with Gasteiger partial charge in [0.15, 0.2) is 0 Å². The third-order valence-corrected chi connectivity index (χ3v) is 3.15. The van der Waals surface area contributed by atoms with Crippen molar-refractivity contribution in [1.82, 2.24) is 4.90 Å². The molecule has 1 aliphatic rings. The lowest BCUT2D eigenvalue weighted by Crippen LogP contribution is -2.48. The van der Waals surface area contributed by atoms with E-state index in [0.717, 1.165) is 12.1 Å². The second kappa shape index (κ2) is 5.80. The van der Waals surface area contributed by atoms with Gasteiger partial charge in [0.05, 0.1) is 18.3 Å². The van der Waals surface area contributed by atoms with Crippen LogP contribution in [0.5, 0.6) is 0 Å². The summed E-state index contributed by atoms with van der Waals surface area (Å²) in [7, 11) is 0. The molecule has 0 aliphatic carbocycles. The zero-order valence-electron chi connectivity index (χ0n) is 10.7. The molecule has 110 valence electrons. The minimum atomic E-state index is -4.40. The van der Waals surface area contributed by atoms with Crippen LogP contribution in [-0.4, -0.2) is 43.2 Å². The highest BCUT2D eigenvalue weighted by Gasteiger charge is 2.31. The van der Waals surface area contributed by atoms with Gasteiger partial charge in [0, 0.05) is 25.2 Å². The predicted molar refractivity (Wildman–Crippen MR) is 66.1 cm³/mol. The molecule has 1 aromatic carbocycles. The van der Waals surface area contributed by atoms with Crippen molar-refractivity contribution in [3.63, 3.8) is 0 Å². The van der Waals surface area contributed by atoms with Crippen molar-refractivity contribution in [3.8, 4) is 0 Å². The normalized spacial score (nSPS) is 20.0. The number of halogens is 3. The number of benzene rings is 1. The van der Waals surface area contributed by atoms with Crippen LogP contribution in [0.4, 0.5) is 13.2 Å². The quantitative estimate of drug-likeness (QED) is 0.897. The molecular formula is C13H15F3N2O2. The van der Waals surface area contributed by atoms with Crippen molar-refractivity contribution in [2.24, 2.45) is 5.73 Å². The molecule has 1 aliphatic heterocycles. The standard InChI is InChI=1S/C13H15F3N2O2/c14-13(15,16)10-3-1-9(2-4-10)12(19)18-5-6-20-11(7-17)8-18/h1-4,11H,5-8,17H2/t11-/m0/s1. The second-order valence-corrected chi connectivity index (χ2v) is 4.55. The summed E-state index contributed by atoms with van der Waals surface area (Å²) < 4.78 is 42.7. The topological polar surface area (TPSA) is 55.6 Å². The number of ether oxygens (including phenoxy) is 1. The highest BCUT2D eigenvalue weighted by molar-refractivity contribution is 5.94. The van der Waals surface area contributed by atoms with E-state index in [-0.39, 0.29) is 17.6 Å². The smallest absolute Gasteiger partial charge is 0.373 e. The molecule has 2 N–H and O–H groups in total. The van der Waals surface area contributed by atoms with Gasteiger partial charge in [0.2, 0.25) is 0 Å². The molecule has 20 heavy (non-hydrogen) atoms. The summed E-state index contributed by atoms with van der Waals surface area (Å²) in [4.78, 5) is 13.7. The molecule has 0 aromatic heterocycles. The molecular weight excluding hydrogens is 273 g/mol. The van der Waals surface area contributed by atoms with E-state index in [0.29, 0.717) is 26.2 Å². The van der Waals surface area contributed by atoms with Gasteiger partial charge >= 0.3 is 6.18 Å². The maximum atomic E-state index is 12.4. The molecule has 1 amide bonds. The number of carbonyl (C=O) groups excluding carboxylic acids is 1. The first-order valence-corrected chi connectivity index (χ1v) is 6.20. The Kier molecular flexibility index (Phi) is 4.29. The summed E-state index contributed by atoms with van der Waals surface area (Å²) in [6.45, 7) is 1.46. The lowest BCUT2D eigenvalue weighted by Gasteiger charge is -2.32. The number of morpholine rings is 1. The van der Waals surface area contributed by atoms with Gasteiger partial charge < -0.3 is 15.4 Å². The molecule has 1 heterocycles. The van der Waals surface area contributed by atoms with Gasteiger partial charge in [-0.25, -0.2) is 0 Å².